The van der Waals surface area contributed by atoms with Gasteiger partial charge in [0.25, 0.3) is 0 Å². The number of carbonyl (C=O) groups is 2. The number of nitrogen functional groups attached to an aromatic ring is 1. The van der Waals surface area contributed by atoms with Crippen molar-refractivity contribution in [2.45, 2.75) is 85.9 Å². The molecule has 0 atom stereocenters. The lowest BCUT2D eigenvalue weighted by Crippen LogP contribution is -2.25. The van der Waals surface area contributed by atoms with E-state index in [1.165, 1.54) is 0 Å². The van der Waals surface area contributed by atoms with Crippen molar-refractivity contribution in [2.24, 2.45) is 0 Å². The predicted octanol–water partition coefficient (Wildman–Crippen LogP) is 5.55. The number of anilines is 1. The van der Waals surface area contributed by atoms with Gasteiger partial charge in [0.2, 0.25) is 11.8 Å². The van der Waals surface area contributed by atoms with Crippen LogP contribution in [0.1, 0.15) is 72.6 Å². The van der Waals surface area contributed by atoms with Crippen LogP contribution in [0.2, 0.25) is 0 Å². The monoisotopic (exact) mass is 665 g/mol. The summed E-state index contributed by atoms with van der Waals surface area (Å²) in [7, 11) is 0. The van der Waals surface area contributed by atoms with Crippen LogP contribution in [-0.2, 0) is 38.3 Å². The highest BCUT2D eigenvalue weighted by atomic mass is 16.7. The van der Waals surface area contributed by atoms with Gasteiger partial charge in [0.1, 0.15) is 42.7 Å². The highest BCUT2D eigenvalue weighted by molar-refractivity contribution is 5.87. The van der Waals surface area contributed by atoms with Crippen molar-refractivity contribution in [1.82, 2.24) is 19.9 Å². The second-order valence-corrected chi connectivity index (χ2v) is 12.7. The third-order valence-corrected chi connectivity index (χ3v) is 6.17. The van der Waals surface area contributed by atoms with Gasteiger partial charge in [0, 0.05) is 18.5 Å². The summed E-state index contributed by atoms with van der Waals surface area (Å²) in [5, 5.41) is 10.2. The van der Waals surface area contributed by atoms with Gasteiger partial charge in [-0.05, 0) is 77.4 Å². The van der Waals surface area contributed by atoms with Gasteiger partial charge in [0.15, 0.2) is 0 Å². The van der Waals surface area contributed by atoms with Crippen LogP contribution in [-0.4, -0.2) is 74.8 Å². The highest BCUT2D eigenvalue weighted by Gasteiger charge is 2.19. The quantitative estimate of drug-likeness (QED) is 0.116. The van der Waals surface area contributed by atoms with Crippen molar-refractivity contribution in [1.29, 1.82) is 0 Å². The zero-order chi connectivity index (χ0) is 35.5. The number of benzene rings is 2. The minimum Gasteiger partial charge on any atom is -0.475 e. The number of nitrogens with zero attached hydrogens (tertiary/aromatic N) is 4. The minimum atomic E-state index is -0.752. The Bertz CT molecular complexity index is 1700. The van der Waals surface area contributed by atoms with Crippen LogP contribution in [0.5, 0.6) is 11.8 Å². The Morgan fingerprint density at radius 3 is 1.81 bits per heavy atom. The molecule has 0 bridgehead atoms. The Labute approximate surface area is 281 Å². The zero-order valence-electron chi connectivity index (χ0n) is 29.1. The second-order valence-electron chi connectivity index (χ2n) is 12.7. The van der Waals surface area contributed by atoms with Crippen molar-refractivity contribution in [3.8, 4) is 11.8 Å². The molecule has 0 spiro atoms. The molecule has 0 saturated heterocycles. The van der Waals surface area contributed by atoms with Gasteiger partial charge in [-0.25, -0.2) is 14.8 Å². The smallest absolute Gasteiger partial charge is 0.475 e. The number of fused-ring (bicyclic) bond motifs is 2. The summed E-state index contributed by atoms with van der Waals surface area (Å²) in [6, 6.07) is 10.9. The molecule has 2 aromatic heterocycles. The molecule has 4 aromatic rings. The normalized spacial score (nSPS) is 11.4. The van der Waals surface area contributed by atoms with Crippen LogP contribution in [0.4, 0.5) is 10.5 Å². The molecule has 2 heterocycles. The maximum absolute atomic E-state index is 12.2. The molecule has 3 N–H and O–H groups in total. The standard InChI is InChI=1S/C23H32N2O6.C12H15N3O2/c1-8-18-24-17-10-9-15(14-19(26)30-22(2,3)4)13-16(17)20(25-18)28-11-12-29-21(27)31-23(5,6)7;1-2-11-14-10-4-3-8(13)7-9(10)12(15-11)17-6-5-16/h9-10,13H,8,11-12,14H2,1-7H3;3-4,7,16H,2,5-6,13H2,1H3. The maximum Gasteiger partial charge on any atom is 0.508 e. The Morgan fingerprint density at radius 2 is 1.27 bits per heavy atom. The molecule has 4 rings (SSSR count). The van der Waals surface area contributed by atoms with Crippen LogP contribution in [0.3, 0.4) is 0 Å². The molecule has 0 aliphatic heterocycles. The van der Waals surface area contributed by atoms with E-state index < -0.39 is 17.4 Å². The van der Waals surface area contributed by atoms with E-state index in [-0.39, 0.29) is 38.8 Å². The molecule has 13 nitrogen and oxygen atoms in total. The van der Waals surface area contributed by atoms with E-state index in [1.54, 1.807) is 32.9 Å². The summed E-state index contributed by atoms with van der Waals surface area (Å²) in [6.07, 6.45) is 0.748. The fraction of sp³-hybridized carbons (Fsp3) is 0.486. The van der Waals surface area contributed by atoms with Crippen molar-refractivity contribution in [3.05, 3.63) is 53.6 Å². The molecular weight excluding hydrogens is 618 g/mol. The van der Waals surface area contributed by atoms with E-state index in [0.29, 0.717) is 40.6 Å². The lowest BCUT2D eigenvalue weighted by Gasteiger charge is -2.19. The number of hydrogen-bond acceptors (Lipinski definition) is 13. The number of aryl methyl sites for hydroxylation is 2. The van der Waals surface area contributed by atoms with Gasteiger partial charge in [-0.15, -0.1) is 0 Å². The van der Waals surface area contributed by atoms with Gasteiger partial charge >= 0.3 is 12.1 Å². The van der Waals surface area contributed by atoms with Crippen molar-refractivity contribution >= 4 is 39.6 Å². The summed E-state index contributed by atoms with van der Waals surface area (Å²) in [5.74, 6) is 1.89. The first kappa shape index (κ1) is 37.7. The molecule has 0 radical (unpaired) electrons. The molecule has 48 heavy (non-hydrogen) atoms. The Hall–Kier alpha value is -4.78. The first-order chi connectivity index (χ1) is 22.6. The number of hydrogen-bond donors (Lipinski definition) is 2. The van der Waals surface area contributed by atoms with E-state index in [4.69, 9.17) is 34.5 Å². The second kappa shape index (κ2) is 16.9. The van der Waals surface area contributed by atoms with E-state index in [1.807, 2.05) is 58.9 Å². The molecule has 0 amide bonds. The molecule has 0 unspecified atom stereocenters. The van der Waals surface area contributed by atoms with Gasteiger partial charge in [-0.1, -0.05) is 19.9 Å². The van der Waals surface area contributed by atoms with E-state index in [0.717, 1.165) is 28.7 Å². The van der Waals surface area contributed by atoms with Crippen molar-refractivity contribution in [3.63, 3.8) is 0 Å². The van der Waals surface area contributed by atoms with Crippen molar-refractivity contribution < 1.29 is 38.4 Å². The van der Waals surface area contributed by atoms with Gasteiger partial charge in [-0.2, -0.15) is 9.97 Å². The van der Waals surface area contributed by atoms with Crippen LogP contribution >= 0.6 is 0 Å². The summed E-state index contributed by atoms with van der Waals surface area (Å²) in [4.78, 5) is 41.5. The Kier molecular flexibility index (Phi) is 13.2. The Morgan fingerprint density at radius 1 is 0.729 bits per heavy atom. The maximum atomic E-state index is 12.2. The number of rotatable bonds is 11. The third kappa shape index (κ3) is 12.1. The number of aliphatic hydroxyl groups excluding tert-OH is 1. The molecule has 2 aromatic carbocycles. The number of aliphatic hydroxyl groups is 1. The zero-order valence-corrected chi connectivity index (χ0v) is 29.1. The number of carbonyl (C=O) groups excluding carboxylic acids is 2. The topological polar surface area (TPSA) is 178 Å². The van der Waals surface area contributed by atoms with Gasteiger partial charge in [0.05, 0.1) is 34.8 Å². The molecule has 13 heteroatoms. The lowest BCUT2D eigenvalue weighted by molar-refractivity contribution is -0.153. The molecule has 0 saturated carbocycles. The summed E-state index contributed by atoms with van der Waals surface area (Å²) >= 11 is 0. The van der Waals surface area contributed by atoms with Gasteiger partial charge < -0.3 is 34.5 Å². The van der Waals surface area contributed by atoms with E-state index >= 15 is 0 Å². The molecule has 0 fully saturated rings. The fourth-order valence-corrected chi connectivity index (χ4v) is 4.23. The molecule has 260 valence electrons. The SMILES string of the molecule is CCc1nc(OCCO)c2cc(N)ccc2n1.CCc1nc(OCCOC(=O)OC(C)(C)C)c2cc(CC(=O)OC(C)(C)C)ccc2n1. The van der Waals surface area contributed by atoms with Crippen LogP contribution in [0, 0.1) is 0 Å². The minimum absolute atomic E-state index is 0.0134. The Balaban J connectivity index is 0.000000308. The average molecular weight is 666 g/mol. The van der Waals surface area contributed by atoms with Crippen molar-refractivity contribution in [2.75, 3.05) is 32.2 Å². The molecular formula is C35H47N5O8. The van der Waals surface area contributed by atoms with E-state index in [9.17, 15) is 9.59 Å². The van der Waals surface area contributed by atoms with E-state index in [2.05, 4.69) is 19.9 Å². The highest BCUT2D eigenvalue weighted by Crippen LogP contribution is 2.26. The summed E-state index contributed by atoms with van der Waals surface area (Å²) in [5.41, 5.74) is 7.48. The lowest BCUT2D eigenvalue weighted by atomic mass is 10.1. The van der Waals surface area contributed by atoms with Gasteiger partial charge in [-0.3, -0.25) is 4.79 Å². The predicted molar refractivity (Wildman–Crippen MR) is 182 cm³/mol. The largest absolute Gasteiger partial charge is 0.508 e. The number of ether oxygens (including phenoxy) is 5. The molecule has 0 aliphatic carbocycles. The number of aromatic nitrogens is 4. The summed E-state index contributed by atoms with van der Waals surface area (Å²) in [6.45, 7) is 15.0. The van der Waals surface area contributed by atoms with Crippen LogP contribution in [0.25, 0.3) is 21.8 Å². The number of nitrogens with two attached hydrogens (primary N) is 1. The first-order valence-corrected chi connectivity index (χ1v) is 15.9. The van der Waals surface area contributed by atoms with Crippen LogP contribution < -0.4 is 15.2 Å². The first-order valence-electron chi connectivity index (χ1n) is 15.9. The third-order valence-electron chi connectivity index (χ3n) is 6.17. The summed E-state index contributed by atoms with van der Waals surface area (Å²) < 4.78 is 26.7. The molecule has 0 aliphatic rings. The van der Waals surface area contributed by atoms with Crippen LogP contribution in [0.15, 0.2) is 36.4 Å². The number of esters is 1. The fourth-order valence-electron chi connectivity index (χ4n) is 4.23. The average Bonchev–Trinajstić information content (AvgIpc) is 3.00.